The molecule has 3 N–H and O–H groups in total. The minimum absolute atomic E-state index is 0.109. The topological polar surface area (TPSA) is 70.6 Å². The fourth-order valence-electron chi connectivity index (χ4n) is 2.07. The highest BCUT2D eigenvalue weighted by Crippen LogP contribution is 2.32. The molecule has 0 saturated heterocycles. The monoisotopic (exact) mass is 332 g/mol. The van der Waals surface area contributed by atoms with E-state index < -0.39 is 24.9 Å². The zero-order valence-electron chi connectivity index (χ0n) is 12.6. The average Bonchev–Trinajstić information content (AvgIpc) is 3.27. The van der Waals surface area contributed by atoms with Crippen LogP contribution in [0.25, 0.3) is 0 Å². The SMILES string of the molecule is Cc1cc(NC(=O)NC[C@H](O)C2CC2)ccc1OCC(F)(F)F. The molecule has 0 spiro atoms. The van der Waals surface area contributed by atoms with Crippen LogP contribution in [0.15, 0.2) is 18.2 Å². The predicted molar refractivity (Wildman–Crippen MR) is 78.5 cm³/mol. The maximum absolute atomic E-state index is 12.1. The van der Waals surface area contributed by atoms with Gasteiger partial charge in [-0.2, -0.15) is 13.2 Å². The van der Waals surface area contributed by atoms with Gasteiger partial charge in [0.2, 0.25) is 0 Å². The quantitative estimate of drug-likeness (QED) is 0.750. The summed E-state index contributed by atoms with van der Waals surface area (Å²) in [6.45, 7) is 0.397. The van der Waals surface area contributed by atoms with Crippen LogP contribution < -0.4 is 15.4 Å². The van der Waals surface area contributed by atoms with Gasteiger partial charge in [-0.15, -0.1) is 0 Å². The molecule has 1 aromatic carbocycles. The van der Waals surface area contributed by atoms with E-state index in [-0.39, 0.29) is 18.2 Å². The summed E-state index contributed by atoms with van der Waals surface area (Å²) in [6, 6.07) is 3.86. The summed E-state index contributed by atoms with van der Waals surface area (Å²) in [6.07, 6.45) is -2.99. The summed E-state index contributed by atoms with van der Waals surface area (Å²) in [5, 5.41) is 14.8. The molecule has 1 saturated carbocycles. The molecule has 23 heavy (non-hydrogen) atoms. The van der Waals surface area contributed by atoms with Crippen LogP contribution in [0.4, 0.5) is 23.7 Å². The second-order valence-corrected chi connectivity index (χ2v) is 5.62. The van der Waals surface area contributed by atoms with E-state index in [9.17, 15) is 23.1 Å². The van der Waals surface area contributed by atoms with Crippen molar-refractivity contribution in [2.24, 2.45) is 5.92 Å². The predicted octanol–water partition coefficient (Wildman–Crippen LogP) is 2.83. The molecule has 5 nitrogen and oxygen atoms in total. The van der Waals surface area contributed by atoms with Gasteiger partial charge in [-0.3, -0.25) is 0 Å². The summed E-state index contributed by atoms with van der Waals surface area (Å²) < 4.78 is 41.1. The fourth-order valence-corrected chi connectivity index (χ4v) is 2.07. The number of hydrogen-bond acceptors (Lipinski definition) is 3. The van der Waals surface area contributed by atoms with Crippen molar-refractivity contribution < 1.29 is 27.8 Å². The lowest BCUT2D eigenvalue weighted by atomic mass is 10.2. The highest BCUT2D eigenvalue weighted by molar-refractivity contribution is 5.89. The number of carbonyl (C=O) groups excluding carboxylic acids is 1. The van der Waals surface area contributed by atoms with Crippen molar-refractivity contribution in [3.8, 4) is 5.75 Å². The second-order valence-electron chi connectivity index (χ2n) is 5.62. The van der Waals surface area contributed by atoms with Crippen LogP contribution >= 0.6 is 0 Å². The molecule has 0 bridgehead atoms. The van der Waals surface area contributed by atoms with Crippen LogP contribution in [0.2, 0.25) is 0 Å². The molecule has 1 aromatic rings. The van der Waals surface area contributed by atoms with Crippen LogP contribution in [0.1, 0.15) is 18.4 Å². The number of carbonyl (C=O) groups is 1. The van der Waals surface area contributed by atoms with Gasteiger partial charge in [0.15, 0.2) is 6.61 Å². The van der Waals surface area contributed by atoms with E-state index in [4.69, 9.17) is 0 Å². The molecule has 0 unspecified atom stereocenters. The fraction of sp³-hybridized carbons (Fsp3) is 0.533. The first kappa shape index (κ1) is 17.4. The summed E-state index contributed by atoms with van der Waals surface area (Å²) in [5.74, 6) is 0.375. The summed E-state index contributed by atoms with van der Waals surface area (Å²) >= 11 is 0. The Morgan fingerprint density at radius 2 is 2.13 bits per heavy atom. The van der Waals surface area contributed by atoms with Crippen LogP contribution in [-0.2, 0) is 0 Å². The molecule has 0 heterocycles. The molecule has 0 aliphatic heterocycles. The first-order valence-corrected chi connectivity index (χ1v) is 7.28. The third kappa shape index (κ3) is 5.97. The third-order valence-corrected chi connectivity index (χ3v) is 3.46. The van der Waals surface area contributed by atoms with Crippen molar-refractivity contribution in [1.82, 2.24) is 5.32 Å². The Balaban J connectivity index is 1.83. The maximum atomic E-state index is 12.1. The van der Waals surface area contributed by atoms with E-state index in [1.165, 1.54) is 18.2 Å². The molecular weight excluding hydrogens is 313 g/mol. The Hall–Kier alpha value is -1.96. The molecule has 0 aromatic heterocycles. The van der Waals surface area contributed by atoms with E-state index in [2.05, 4.69) is 15.4 Å². The van der Waals surface area contributed by atoms with Gasteiger partial charge in [-0.05, 0) is 49.4 Å². The van der Waals surface area contributed by atoms with Crippen molar-refractivity contribution in [1.29, 1.82) is 0 Å². The molecule has 2 rings (SSSR count). The maximum Gasteiger partial charge on any atom is 0.422 e. The molecule has 1 fully saturated rings. The van der Waals surface area contributed by atoms with Gasteiger partial charge in [0, 0.05) is 12.2 Å². The molecule has 1 aliphatic carbocycles. The standard InChI is InChI=1S/C15H19F3N2O3/c1-9-6-11(4-5-13(9)23-8-15(16,17)18)20-14(22)19-7-12(21)10-2-3-10/h4-6,10,12,21H,2-3,7-8H2,1H3,(H2,19,20,22)/t12-/m0/s1. The molecule has 2 amide bonds. The van der Waals surface area contributed by atoms with E-state index in [1.54, 1.807) is 6.92 Å². The second kappa shape index (κ2) is 7.08. The van der Waals surface area contributed by atoms with Gasteiger partial charge in [0.25, 0.3) is 0 Å². The van der Waals surface area contributed by atoms with Crippen LogP contribution in [0.3, 0.4) is 0 Å². The van der Waals surface area contributed by atoms with Gasteiger partial charge in [-0.1, -0.05) is 0 Å². The van der Waals surface area contributed by atoms with Gasteiger partial charge in [0.05, 0.1) is 6.10 Å². The molecule has 1 aliphatic rings. The van der Waals surface area contributed by atoms with Crippen molar-refractivity contribution in [3.63, 3.8) is 0 Å². The zero-order chi connectivity index (χ0) is 17.0. The largest absolute Gasteiger partial charge is 0.484 e. The van der Waals surface area contributed by atoms with E-state index in [1.807, 2.05) is 0 Å². The molecular formula is C15H19F3N2O3. The number of alkyl halides is 3. The normalized spacial score (nSPS) is 15.9. The van der Waals surface area contributed by atoms with Gasteiger partial charge < -0.3 is 20.5 Å². The Morgan fingerprint density at radius 3 is 2.70 bits per heavy atom. The number of halogens is 3. The molecule has 128 valence electrons. The number of nitrogens with one attached hydrogen (secondary N) is 2. The zero-order valence-corrected chi connectivity index (χ0v) is 12.6. The summed E-state index contributed by atoms with van der Waals surface area (Å²) in [7, 11) is 0. The minimum Gasteiger partial charge on any atom is -0.484 e. The van der Waals surface area contributed by atoms with E-state index in [0.717, 1.165) is 12.8 Å². The number of aryl methyl sites for hydroxylation is 1. The number of urea groups is 1. The lowest BCUT2D eigenvalue weighted by Gasteiger charge is -2.14. The number of hydrogen-bond donors (Lipinski definition) is 3. The number of rotatable bonds is 6. The van der Waals surface area contributed by atoms with Crippen LogP contribution in [-0.4, -0.2) is 36.6 Å². The van der Waals surface area contributed by atoms with E-state index in [0.29, 0.717) is 11.3 Å². The highest BCUT2D eigenvalue weighted by atomic mass is 19.4. The number of aliphatic hydroxyl groups excluding tert-OH is 1. The van der Waals surface area contributed by atoms with Crippen molar-refractivity contribution in [2.75, 3.05) is 18.5 Å². The Kier molecular flexibility index (Phi) is 5.35. The van der Waals surface area contributed by atoms with Crippen molar-refractivity contribution in [2.45, 2.75) is 32.0 Å². The molecule has 1 atom stereocenters. The summed E-state index contributed by atoms with van der Waals surface area (Å²) in [5.41, 5.74) is 0.908. The third-order valence-electron chi connectivity index (χ3n) is 3.46. The number of benzene rings is 1. The lowest BCUT2D eigenvalue weighted by molar-refractivity contribution is -0.153. The molecule has 8 heteroatoms. The number of anilines is 1. The number of aliphatic hydroxyl groups is 1. The van der Waals surface area contributed by atoms with Gasteiger partial charge in [0.1, 0.15) is 5.75 Å². The number of amides is 2. The highest BCUT2D eigenvalue weighted by Gasteiger charge is 2.30. The van der Waals surface area contributed by atoms with Crippen molar-refractivity contribution >= 4 is 11.7 Å². The Labute approximate surface area is 131 Å². The summed E-state index contributed by atoms with van der Waals surface area (Å²) in [4.78, 5) is 11.7. The smallest absolute Gasteiger partial charge is 0.422 e. The first-order valence-electron chi connectivity index (χ1n) is 7.28. The number of ether oxygens (including phenoxy) is 1. The van der Waals surface area contributed by atoms with Crippen LogP contribution in [0, 0.1) is 12.8 Å². The van der Waals surface area contributed by atoms with Crippen LogP contribution in [0.5, 0.6) is 5.75 Å². The van der Waals surface area contributed by atoms with E-state index >= 15 is 0 Å². The Morgan fingerprint density at radius 1 is 1.43 bits per heavy atom. The average molecular weight is 332 g/mol. The Bertz CT molecular complexity index is 559. The van der Waals surface area contributed by atoms with Gasteiger partial charge in [-0.25, -0.2) is 4.79 Å². The lowest BCUT2D eigenvalue weighted by Crippen LogP contribution is -2.36. The van der Waals surface area contributed by atoms with Crippen molar-refractivity contribution in [3.05, 3.63) is 23.8 Å². The molecule has 0 radical (unpaired) electrons. The minimum atomic E-state index is -4.40. The van der Waals surface area contributed by atoms with Gasteiger partial charge >= 0.3 is 12.2 Å². The first-order chi connectivity index (χ1) is 10.7.